The number of carbonyl (C=O) groups excluding carboxylic acids is 5. The zero-order valence-corrected chi connectivity index (χ0v) is 22.8. The smallest absolute Gasteiger partial charge is 0.253 e. The van der Waals surface area contributed by atoms with Crippen LogP contribution < -0.4 is 21.3 Å². The molecule has 0 unspecified atom stereocenters. The first-order valence-corrected chi connectivity index (χ1v) is 13.1. The average Bonchev–Trinajstić information content (AvgIpc) is 3.20. The Hall–Kier alpha value is -3.92. The van der Waals surface area contributed by atoms with Gasteiger partial charge in [-0.2, -0.15) is 0 Å². The normalized spacial score (nSPS) is 15.0. The molecule has 0 aliphatic carbocycles. The minimum Gasteiger partial charge on any atom is -0.357 e. The molecule has 2 aromatic carbocycles. The number of ketones is 1. The Labute approximate surface area is 226 Å². The number of likely N-dealkylation sites (N-methyl/N-ethyl adjacent to an activating group) is 1. The topological polar surface area (TPSA) is 133 Å². The maximum absolute atomic E-state index is 13.0. The maximum Gasteiger partial charge on any atom is 0.253 e. The molecule has 0 saturated heterocycles. The molecule has 4 amide bonds. The van der Waals surface area contributed by atoms with Gasteiger partial charge in [0.05, 0.1) is 10.5 Å². The molecule has 1 heterocycles. The van der Waals surface area contributed by atoms with Crippen LogP contribution in [0.5, 0.6) is 0 Å². The van der Waals surface area contributed by atoms with Crippen LogP contribution in [0.25, 0.3) is 6.08 Å². The van der Waals surface area contributed by atoms with Gasteiger partial charge < -0.3 is 21.3 Å². The summed E-state index contributed by atoms with van der Waals surface area (Å²) < 4.78 is 0. The monoisotopic (exact) mass is 536 g/mol. The van der Waals surface area contributed by atoms with Crippen LogP contribution in [0.4, 0.5) is 0 Å². The maximum atomic E-state index is 13.0. The van der Waals surface area contributed by atoms with Crippen molar-refractivity contribution in [1.29, 1.82) is 0 Å². The number of carbonyl (C=O) groups is 5. The third kappa shape index (κ3) is 6.89. The van der Waals surface area contributed by atoms with Gasteiger partial charge in [0.15, 0.2) is 0 Å². The van der Waals surface area contributed by atoms with E-state index < -0.39 is 18.0 Å². The summed E-state index contributed by atoms with van der Waals surface area (Å²) in [6.45, 7) is 6.99. The standard InChI is InChI=1S/C28H32N4O5S/c1-15(2)23(32-17(4)33)28(37)30-14-19-11-9-18(10-12-19)13-22-24(34)20-7-6-8-21(25(20)38-22)27(36)31-16(3)26(35)29-5/h6-13,15-16,23H,14H2,1-5H3,(H,29,35)(H,30,37)(H,31,36)(H,32,33)/b22-13+/t16-,23-/m0/s1. The molecule has 2 atom stereocenters. The number of thioether (sulfide) groups is 1. The largest absolute Gasteiger partial charge is 0.357 e. The number of allylic oxidation sites excluding steroid dienone is 1. The van der Waals surface area contributed by atoms with Gasteiger partial charge in [-0.1, -0.05) is 55.9 Å². The summed E-state index contributed by atoms with van der Waals surface area (Å²) in [4.78, 5) is 62.5. The van der Waals surface area contributed by atoms with Crippen LogP contribution in [-0.2, 0) is 20.9 Å². The lowest BCUT2D eigenvalue weighted by atomic mass is 10.0. The minimum absolute atomic E-state index is 0.0516. The first kappa shape index (κ1) is 28.6. The quantitative estimate of drug-likeness (QED) is 0.364. The van der Waals surface area contributed by atoms with Crippen LogP contribution in [0.15, 0.2) is 52.3 Å². The van der Waals surface area contributed by atoms with E-state index >= 15 is 0 Å². The Morgan fingerprint density at radius 3 is 2.24 bits per heavy atom. The van der Waals surface area contributed by atoms with Crippen LogP contribution in [0.3, 0.4) is 0 Å². The second kappa shape index (κ2) is 12.6. The Morgan fingerprint density at radius 2 is 1.63 bits per heavy atom. The minimum atomic E-state index is -0.717. The second-order valence-electron chi connectivity index (χ2n) is 9.31. The predicted octanol–water partition coefficient (Wildman–Crippen LogP) is 2.66. The van der Waals surface area contributed by atoms with Crippen LogP contribution >= 0.6 is 11.8 Å². The molecular weight excluding hydrogens is 504 g/mol. The molecular formula is C28H32N4O5S. The number of rotatable bonds is 9. The fourth-order valence-electron chi connectivity index (χ4n) is 3.88. The summed E-state index contributed by atoms with van der Waals surface area (Å²) in [5.41, 5.74) is 2.44. The van der Waals surface area contributed by atoms with E-state index in [2.05, 4.69) is 21.3 Å². The van der Waals surface area contributed by atoms with Crippen molar-refractivity contribution >= 4 is 47.2 Å². The summed E-state index contributed by atoms with van der Waals surface area (Å²) in [5, 5.41) is 10.7. The molecule has 10 heteroatoms. The Kier molecular flexibility index (Phi) is 9.46. The first-order valence-electron chi connectivity index (χ1n) is 12.2. The molecule has 4 N–H and O–H groups in total. The first-order chi connectivity index (χ1) is 18.0. The van der Waals surface area contributed by atoms with Crippen LogP contribution in [0, 0.1) is 5.92 Å². The fourth-order valence-corrected chi connectivity index (χ4v) is 5.04. The molecule has 3 rings (SSSR count). The molecule has 1 aliphatic heterocycles. The summed E-state index contributed by atoms with van der Waals surface area (Å²) in [5.74, 6) is -1.48. The number of fused-ring (bicyclic) bond motifs is 1. The van der Waals surface area contributed by atoms with Gasteiger partial charge in [0.2, 0.25) is 23.5 Å². The van der Waals surface area contributed by atoms with E-state index in [-0.39, 0.29) is 29.4 Å². The van der Waals surface area contributed by atoms with Gasteiger partial charge in [-0.15, -0.1) is 0 Å². The van der Waals surface area contributed by atoms with Crippen LogP contribution in [0.1, 0.15) is 59.5 Å². The van der Waals surface area contributed by atoms with Gasteiger partial charge in [0.25, 0.3) is 5.91 Å². The molecule has 0 bridgehead atoms. The van der Waals surface area contributed by atoms with Gasteiger partial charge in [-0.3, -0.25) is 24.0 Å². The molecule has 0 spiro atoms. The van der Waals surface area contributed by atoms with E-state index in [4.69, 9.17) is 0 Å². The van der Waals surface area contributed by atoms with E-state index in [1.165, 1.54) is 25.7 Å². The number of Topliss-reactive ketones (excluding diaryl/α,β-unsaturated/α-hetero) is 1. The molecule has 9 nitrogen and oxygen atoms in total. The zero-order valence-electron chi connectivity index (χ0n) is 22.0. The molecule has 1 aliphatic rings. The average molecular weight is 537 g/mol. The van der Waals surface area contributed by atoms with Gasteiger partial charge in [-0.25, -0.2) is 0 Å². The number of hydrogen-bond donors (Lipinski definition) is 4. The summed E-state index contributed by atoms with van der Waals surface area (Å²) in [6, 6.07) is 11.0. The molecule has 0 aromatic heterocycles. The van der Waals surface area contributed by atoms with E-state index in [0.717, 1.165) is 11.1 Å². The van der Waals surface area contributed by atoms with E-state index in [1.54, 1.807) is 31.2 Å². The van der Waals surface area contributed by atoms with Gasteiger partial charge in [0, 0.05) is 31.0 Å². The highest BCUT2D eigenvalue weighted by molar-refractivity contribution is 8.05. The van der Waals surface area contributed by atoms with Crippen molar-refractivity contribution in [3.05, 3.63) is 69.6 Å². The van der Waals surface area contributed by atoms with Crippen LogP contribution in [-0.4, -0.2) is 48.5 Å². The van der Waals surface area contributed by atoms with E-state index in [0.29, 0.717) is 27.5 Å². The van der Waals surface area contributed by atoms with Crippen LogP contribution in [0.2, 0.25) is 0 Å². The molecule has 200 valence electrons. The lowest BCUT2D eigenvalue weighted by molar-refractivity contribution is -0.129. The summed E-state index contributed by atoms with van der Waals surface area (Å²) >= 11 is 1.22. The Morgan fingerprint density at radius 1 is 0.947 bits per heavy atom. The van der Waals surface area contributed by atoms with Gasteiger partial charge in [0.1, 0.15) is 12.1 Å². The molecule has 0 saturated carbocycles. The lowest BCUT2D eigenvalue weighted by Gasteiger charge is -2.20. The predicted molar refractivity (Wildman–Crippen MR) is 146 cm³/mol. The number of amides is 4. The molecule has 0 radical (unpaired) electrons. The highest BCUT2D eigenvalue weighted by atomic mass is 32.2. The van der Waals surface area contributed by atoms with E-state index in [1.807, 2.05) is 38.1 Å². The molecule has 2 aromatic rings. The highest BCUT2D eigenvalue weighted by Gasteiger charge is 2.30. The SMILES string of the molecule is CNC(=O)[C@H](C)NC(=O)c1cccc2c1S/C(=C/c1ccc(CNC(=O)[C@@H](NC(C)=O)C(C)C)cc1)C2=O. The third-order valence-electron chi connectivity index (χ3n) is 5.98. The Balaban J connectivity index is 1.69. The van der Waals surface area contributed by atoms with E-state index in [9.17, 15) is 24.0 Å². The number of nitrogens with one attached hydrogen (secondary N) is 4. The van der Waals surface area contributed by atoms with Crippen molar-refractivity contribution in [3.8, 4) is 0 Å². The van der Waals surface area contributed by atoms with Crippen molar-refractivity contribution < 1.29 is 24.0 Å². The third-order valence-corrected chi connectivity index (χ3v) is 7.15. The lowest BCUT2D eigenvalue weighted by Crippen LogP contribution is -2.48. The number of benzene rings is 2. The zero-order chi connectivity index (χ0) is 28.0. The van der Waals surface area contributed by atoms with Crippen molar-refractivity contribution in [3.63, 3.8) is 0 Å². The molecule has 0 fully saturated rings. The summed E-state index contributed by atoms with van der Waals surface area (Å²) in [7, 11) is 1.50. The Bertz CT molecular complexity index is 1290. The number of hydrogen-bond acceptors (Lipinski definition) is 6. The van der Waals surface area contributed by atoms with Crippen molar-refractivity contribution in [1.82, 2.24) is 21.3 Å². The summed E-state index contributed by atoms with van der Waals surface area (Å²) in [6.07, 6.45) is 1.76. The van der Waals surface area contributed by atoms with Gasteiger partial charge in [-0.05, 0) is 42.2 Å². The fraction of sp³-hybridized carbons (Fsp3) is 0.321. The highest BCUT2D eigenvalue weighted by Crippen LogP contribution is 2.43. The second-order valence-corrected chi connectivity index (χ2v) is 10.4. The van der Waals surface area contributed by atoms with Gasteiger partial charge >= 0.3 is 0 Å². The van der Waals surface area contributed by atoms with Crippen molar-refractivity contribution in [2.45, 2.75) is 51.2 Å². The molecule has 38 heavy (non-hydrogen) atoms. The van der Waals surface area contributed by atoms with Crippen molar-refractivity contribution in [2.24, 2.45) is 5.92 Å². The van der Waals surface area contributed by atoms with Crippen molar-refractivity contribution in [2.75, 3.05) is 7.05 Å².